The number of benzene rings is 1. The zero-order valence-electron chi connectivity index (χ0n) is 9.29. The molecule has 0 amide bonds. The smallest absolute Gasteiger partial charge is 0.123 e. The Hall–Kier alpha value is -0.450. The molecule has 1 unspecified atom stereocenters. The molecular weight excluding hydrogens is 275 g/mol. The lowest BCUT2D eigenvalue weighted by Crippen LogP contribution is -2.11. The average molecular weight is 291 g/mol. The molecule has 0 N–H and O–H groups in total. The summed E-state index contributed by atoms with van der Waals surface area (Å²) in [6.45, 7) is 3.77. The molecule has 4 heteroatoms. The van der Waals surface area contributed by atoms with E-state index >= 15 is 0 Å². The van der Waals surface area contributed by atoms with Crippen LogP contribution in [0.25, 0.3) is 0 Å². The first-order chi connectivity index (χ1) is 7.77. The van der Waals surface area contributed by atoms with Gasteiger partial charge in [-0.2, -0.15) is 0 Å². The minimum atomic E-state index is -0.230. The van der Waals surface area contributed by atoms with Crippen LogP contribution in [0.3, 0.4) is 0 Å². The van der Waals surface area contributed by atoms with Crippen LogP contribution in [0, 0.1) is 5.82 Å². The highest BCUT2D eigenvalue weighted by Crippen LogP contribution is 2.19. The fourth-order valence-electron chi connectivity index (χ4n) is 1.30. The maximum atomic E-state index is 12.7. The second-order valence-electron chi connectivity index (χ2n) is 3.26. The monoisotopic (exact) mass is 290 g/mol. The van der Waals surface area contributed by atoms with E-state index in [0.29, 0.717) is 25.2 Å². The molecule has 1 atom stereocenters. The Balaban J connectivity index is 2.44. The second-order valence-corrected chi connectivity index (χ2v) is 3.91. The lowest BCUT2D eigenvalue weighted by atomic mass is 10.1. The van der Waals surface area contributed by atoms with Gasteiger partial charge in [0.1, 0.15) is 5.82 Å². The molecule has 0 aliphatic heterocycles. The summed E-state index contributed by atoms with van der Waals surface area (Å²) in [5, 5.41) is 0.685. The number of alkyl halides is 1. The Morgan fingerprint density at radius 3 is 2.50 bits per heavy atom. The number of rotatable bonds is 7. The van der Waals surface area contributed by atoms with Gasteiger partial charge in [-0.3, -0.25) is 0 Å². The summed E-state index contributed by atoms with van der Waals surface area (Å²) in [5.74, 6) is -0.230. The van der Waals surface area contributed by atoms with Crippen LogP contribution in [0.5, 0.6) is 0 Å². The van der Waals surface area contributed by atoms with Crippen LogP contribution in [-0.2, 0) is 9.47 Å². The van der Waals surface area contributed by atoms with Gasteiger partial charge >= 0.3 is 0 Å². The molecule has 0 radical (unpaired) electrons. The maximum Gasteiger partial charge on any atom is 0.123 e. The molecule has 1 rings (SSSR count). The highest BCUT2D eigenvalue weighted by atomic mass is 79.9. The quantitative estimate of drug-likeness (QED) is 0.567. The van der Waals surface area contributed by atoms with E-state index < -0.39 is 0 Å². The van der Waals surface area contributed by atoms with Crippen LogP contribution in [0.2, 0.25) is 0 Å². The molecule has 1 aromatic carbocycles. The Morgan fingerprint density at radius 1 is 1.25 bits per heavy atom. The molecule has 0 bridgehead atoms. The molecule has 90 valence electrons. The lowest BCUT2D eigenvalue weighted by Gasteiger charge is -2.15. The first-order valence-corrected chi connectivity index (χ1v) is 6.40. The van der Waals surface area contributed by atoms with Crippen LogP contribution in [0.1, 0.15) is 18.6 Å². The molecule has 0 aromatic heterocycles. The predicted octanol–water partition coefficient (Wildman–Crippen LogP) is 3.31. The minimum Gasteiger partial charge on any atom is -0.379 e. The van der Waals surface area contributed by atoms with Crippen molar-refractivity contribution in [1.82, 2.24) is 0 Å². The summed E-state index contributed by atoms with van der Waals surface area (Å²) in [5.41, 5.74) is 0.967. The number of hydrogen-bond acceptors (Lipinski definition) is 2. The molecule has 0 spiro atoms. The fourth-order valence-corrected chi connectivity index (χ4v) is 1.86. The maximum absolute atomic E-state index is 12.7. The Labute approximate surface area is 104 Å². The summed E-state index contributed by atoms with van der Waals surface area (Å²) in [6.07, 6.45) is -0.0546. The number of hydrogen-bond donors (Lipinski definition) is 0. The molecule has 0 fully saturated rings. The van der Waals surface area contributed by atoms with Crippen molar-refractivity contribution in [3.05, 3.63) is 35.6 Å². The Morgan fingerprint density at radius 2 is 1.94 bits per heavy atom. The van der Waals surface area contributed by atoms with E-state index in [1.54, 1.807) is 12.1 Å². The Kier molecular flexibility index (Phi) is 6.61. The molecule has 2 nitrogen and oxygen atoms in total. The summed E-state index contributed by atoms with van der Waals surface area (Å²) < 4.78 is 23.5. The van der Waals surface area contributed by atoms with Crippen molar-refractivity contribution in [2.45, 2.75) is 13.0 Å². The zero-order valence-corrected chi connectivity index (χ0v) is 10.9. The largest absolute Gasteiger partial charge is 0.379 e. The summed E-state index contributed by atoms with van der Waals surface area (Å²) in [7, 11) is 0. The van der Waals surface area contributed by atoms with Gasteiger partial charge in [-0.25, -0.2) is 4.39 Å². The van der Waals surface area contributed by atoms with E-state index in [4.69, 9.17) is 9.47 Å². The van der Waals surface area contributed by atoms with Gasteiger partial charge in [-0.15, -0.1) is 0 Å². The highest BCUT2D eigenvalue weighted by molar-refractivity contribution is 9.09. The summed E-state index contributed by atoms with van der Waals surface area (Å²) in [4.78, 5) is 0. The van der Waals surface area contributed by atoms with Gasteiger partial charge in [0.15, 0.2) is 0 Å². The molecule has 16 heavy (non-hydrogen) atoms. The van der Waals surface area contributed by atoms with Gasteiger partial charge in [0.2, 0.25) is 0 Å². The van der Waals surface area contributed by atoms with Gasteiger partial charge in [0.25, 0.3) is 0 Å². The van der Waals surface area contributed by atoms with Crippen LogP contribution in [0.4, 0.5) is 4.39 Å². The molecule has 0 heterocycles. The molecule has 0 aliphatic carbocycles. The van der Waals surface area contributed by atoms with E-state index in [-0.39, 0.29) is 11.9 Å². The Bertz CT molecular complexity index is 290. The highest BCUT2D eigenvalue weighted by Gasteiger charge is 2.10. The predicted molar refractivity (Wildman–Crippen MR) is 65.4 cm³/mol. The summed E-state index contributed by atoms with van der Waals surface area (Å²) in [6, 6.07) is 6.36. The normalized spacial score (nSPS) is 12.7. The SMILES string of the molecule is CCOCCOC(CBr)c1ccc(F)cc1. The first kappa shape index (κ1) is 13.6. The van der Waals surface area contributed by atoms with Crippen molar-refractivity contribution in [1.29, 1.82) is 0 Å². The van der Waals surface area contributed by atoms with Gasteiger partial charge in [0.05, 0.1) is 19.3 Å². The van der Waals surface area contributed by atoms with Crippen LogP contribution < -0.4 is 0 Å². The van der Waals surface area contributed by atoms with Crippen molar-refractivity contribution in [3.63, 3.8) is 0 Å². The lowest BCUT2D eigenvalue weighted by molar-refractivity contribution is 0.0171. The molecule has 0 saturated carbocycles. The topological polar surface area (TPSA) is 18.5 Å². The van der Waals surface area contributed by atoms with Crippen molar-refractivity contribution in [2.24, 2.45) is 0 Å². The third kappa shape index (κ3) is 4.60. The van der Waals surface area contributed by atoms with E-state index in [2.05, 4.69) is 15.9 Å². The molecular formula is C12H16BrFO2. The van der Waals surface area contributed by atoms with E-state index in [1.165, 1.54) is 12.1 Å². The summed E-state index contributed by atoms with van der Waals surface area (Å²) >= 11 is 3.38. The van der Waals surface area contributed by atoms with Crippen LogP contribution in [0.15, 0.2) is 24.3 Å². The molecule has 0 saturated heterocycles. The van der Waals surface area contributed by atoms with Gasteiger partial charge < -0.3 is 9.47 Å². The molecule has 0 aliphatic rings. The van der Waals surface area contributed by atoms with Gasteiger partial charge in [-0.05, 0) is 24.6 Å². The van der Waals surface area contributed by atoms with Gasteiger partial charge in [0, 0.05) is 11.9 Å². The van der Waals surface area contributed by atoms with E-state index in [1.807, 2.05) is 6.92 Å². The van der Waals surface area contributed by atoms with E-state index in [9.17, 15) is 4.39 Å². The standard InChI is InChI=1S/C12H16BrFO2/c1-2-15-7-8-16-12(9-13)10-3-5-11(14)6-4-10/h3-6,12H,2,7-9H2,1H3. The third-order valence-corrected chi connectivity index (χ3v) is 2.72. The number of ether oxygens (including phenoxy) is 2. The van der Waals surface area contributed by atoms with Crippen LogP contribution in [-0.4, -0.2) is 25.2 Å². The van der Waals surface area contributed by atoms with Crippen LogP contribution >= 0.6 is 15.9 Å². The third-order valence-electron chi connectivity index (χ3n) is 2.13. The van der Waals surface area contributed by atoms with Crippen molar-refractivity contribution in [2.75, 3.05) is 25.2 Å². The zero-order chi connectivity index (χ0) is 11.8. The second kappa shape index (κ2) is 7.76. The average Bonchev–Trinajstić information content (AvgIpc) is 2.31. The minimum absolute atomic E-state index is 0.0546. The molecule has 1 aromatic rings. The number of halogens is 2. The van der Waals surface area contributed by atoms with E-state index in [0.717, 1.165) is 5.56 Å². The van der Waals surface area contributed by atoms with Crippen molar-refractivity contribution < 1.29 is 13.9 Å². The fraction of sp³-hybridized carbons (Fsp3) is 0.500. The van der Waals surface area contributed by atoms with Gasteiger partial charge in [-0.1, -0.05) is 28.1 Å². The first-order valence-electron chi connectivity index (χ1n) is 5.28. The van der Waals surface area contributed by atoms with Crippen molar-refractivity contribution in [3.8, 4) is 0 Å². The van der Waals surface area contributed by atoms with Crippen molar-refractivity contribution >= 4 is 15.9 Å².